The molecular weight excluding hydrogens is 500 g/mol. The Morgan fingerprint density at radius 2 is 1.04 bits per heavy atom. The van der Waals surface area contributed by atoms with Gasteiger partial charge in [0, 0.05) is 6.07 Å². The molecule has 0 saturated heterocycles. The first kappa shape index (κ1) is 19.8. The SMILES string of the molecule is O=[N+]([O-])c1cc([N+](=O)[O-])c(Oc2ccccc2Br)cc1Oc1ccccc1Br. The van der Waals surface area contributed by atoms with Gasteiger partial charge in [0.25, 0.3) is 0 Å². The summed E-state index contributed by atoms with van der Waals surface area (Å²) in [4.78, 5) is 21.4. The maximum absolute atomic E-state index is 11.4. The van der Waals surface area contributed by atoms with Crippen molar-refractivity contribution in [1.82, 2.24) is 0 Å². The zero-order valence-electron chi connectivity index (χ0n) is 13.9. The molecule has 0 spiro atoms. The van der Waals surface area contributed by atoms with Gasteiger partial charge in [0.2, 0.25) is 11.5 Å². The molecule has 0 heterocycles. The molecule has 142 valence electrons. The smallest absolute Gasteiger partial charge is 0.318 e. The summed E-state index contributed by atoms with van der Waals surface area (Å²) in [6, 6.07) is 15.4. The van der Waals surface area contributed by atoms with Crippen molar-refractivity contribution in [2.75, 3.05) is 0 Å². The molecule has 0 aliphatic heterocycles. The lowest BCUT2D eigenvalue weighted by Gasteiger charge is -2.12. The number of rotatable bonds is 6. The number of nitrogens with zero attached hydrogens (tertiary/aromatic N) is 2. The molecule has 3 rings (SSSR count). The van der Waals surface area contributed by atoms with Gasteiger partial charge in [-0.25, -0.2) is 0 Å². The maximum atomic E-state index is 11.4. The Morgan fingerprint density at radius 3 is 1.39 bits per heavy atom. The Hall–Kier alpha value is -2.98. The fourth-order valence-corrected chi connectivity index (χ4v) is 3.01. The van der Waals surface area contributed by atoms with Crippen LogP contribution in [0.1, 0.15) is 0 Å². The third-order valence-corrected chi connectivity index (χ3v) is 4.86. The molecule has 0 aliphatic carbocycles. The first-order chi connectivity index (χ1) is 13.4. The molecule has 0 saturated carbocycles. The minimum atomic E-state index is -0.749. The normalized spacial score (nSPS) is 10.4. The largest absolute Gasteiger partial charge is 0.449 e. The molecule has 3 aromatic rings. The van der Waals surface area contributed by atoms with Crippen LogP contribution in [0.2, 0.25) is 0 Å². The van der Waals surface area contributed by atoms with Gasteiger partial charge in [0.05, 0.1) is 18.8 Å². The summed E-state index contributed by atoms with van der Waals surface area (Å²) in [6.45, 7) is 0. The van der Waals surface area contributed by atoms with Crippen molar-refractivity contribution in [3.05, 3.63) is 89.8 Å². The average molecular weight is 510 g/mol. The van der Waals surface area contributed by atoms with E-state index in [4.69, 9.17) is 9.47 Å². The Labute approximate surface area is 175 Å². The molecule has 0 fully saturated rings. The van der Waals surface area contributed by atoms with Crippen LogP contribution in [0.15, 0.2) is 69.6 Å². The third-order valence-electron chi connectivity index (χ3n) is 3.55. The van der Waals surface area contributed by atoms with Gasteiger partial charge in [-0.2, -0.15) is 0 Å². The van der Waals surface area contributed by atoms with Gasteiger partial charge in [-0.3, -0.25) is 20.2 Å². The van der Waals surface area contributed by atoms with Crippen LogP contribution >= 0.6 is 31.9 Å². The van der Waals surface area contributed by atoms with Crippen molar-refractivity contribution in [3.63, 3.8) is 0 Å². The van der Waals surface area contributed by atoms with Crippen molar-refractivity contribution in [2.24, 2.45) is 0 Å². The summed E-state index contributed by atoms with van der Waals surface area (Å²) in [6.07, 6.45) is 0. The molecular formula is C18H10Br2N2O6. The van der Waals surface area contributed by atoms with Crippen molar-refractivity contribution < 1.29 is 19.3 Å². The van der Waals surface area contributed by atoms with Crippen LogP contribution in [-0.2, 0) is 0 Å². The van der Waals surface area contributed by atoms with Crippen LogP contribution in [0, 0.1) is 20.2 Å². The molecule has 0 bridgehead atoms. The number of para-hydroxylation sites is 2. The van der Waals surface area contributed by atoms with Crippen molar-refractivity contribution >= 4 is 43.2 Å². The van der Waals surface area contributed by atoms with Crippen LogP contribution < -0.4 is 9.47 Å². The standard InChI is InChI=1S/C18H10Br2N2O6/c19-11-5-1-3-7-15(11)27-17-10-18(28-16-8-4-2-6-12(16)20)14(22(25)26)9-13(17)21(23)24/h1-10H. The number of halogens is 2. The molecule has 0 aliphatic rings. The van der Waals surface area contributed by atoms with Crippen molar-refractivity contribution in [2.45, 2.75) is 0 Å². The van der Waals surface area contributed by atoms with E-state index in [9.17, 15) is 20.2 Å². The van der Waals surface area contributed by atoms with Crippen LogP contribution in [0.4, 0.5) is 11.4 Å². The van der Waals surface area contributed by atoms with E-state index < -0.39 is 21.2 Å². The van der Waals surface area contributed by atoms with Crippen LogP contribution in [0.5, 0.6) is 23.0 Å². The molecule has 28 heavy (non-hydrogen) atoms. The summed E-state index contributed by atoms with van der Waals surface area (Å²) in [5.41, 5.74) is -1.11. The Kier molecular flexibility index (Phi) is 5.90. The number of nitro benzene ring substituents is 2. The quantitative estimate of drug-likeness (QED) is 0.273. The molecule has 10 heteroatoms. The van der Waals surface area contributed by atoms with E-state index >= 15 is 0 Å². The van der Waals surface area contributed by atoms with Crippen LogP contribution in [0.3, 0.4) is 0 Å². The predicted molar refractivity (Wildman–Crippen MR) is 108 cm³/mol. The van der Waals surface area contributed by atoms with Gasteiger partial charge in [0.1, 0.15) is 17.6 Å². The zero-order valence-corrected chi connectivity index (χ0v) is 17.0. The topological polar surface area (TPSA) is 105 Å². The molecule has 3 aromatic carbocycles. The van der Waals surface area contributed by atoms with E-state index in [1.165, 1.54) is 0 Å². The molecule has 0 amide bonds. The lowest BCUT2D eigenvalue weighted by atomic mass is 10.2. The Balaban J connectivity index is 2.13. The van der Waals surface area contributed by atoms with E-state index in [0.29, 0.717) is 20.4 Å². The van der Waals surface area contributed by atoms with E-state index in [0.717, 1.165) is 12.1 Å². The fraction of sp³-hybridized carbons (Fsp3) is 0. The Morgan fingerprint density at radius 1 is 0.643 bits per heavy atom. The van der Waals surface area contributed by atoms with E-state index in [-0.39, 0.29) is 11.5 Å². The molecule has 0 atom stereocenters. The summed E-state index contributed by atoms with van der Waals surface area (Å²) < 4.78 is 12.4. The molecule has 0 unspecified atom stereocenters. The number of ether oxygens (including phenoxy) is 2. The van der Waals surface area contributed by atoms with E-state index in [1.807, 2.05) is 0 Å². The van der Waals surface area contributed by atoms with Gasteiger partial charge in [-0.15, -0.1) is 0 Å². The van der Waals surface area contributed by atoms with Crippen molar-refractivity contribution in [1.29, 1.82) is 0 Å². The molecule has 0 aromatic heterocycles. The van der Waals surface area contributed by atoms with Crippen LogP contribution in [0.25, 0.3) is 0 Å². The van der Waals surface area contributed by atoms with Gasteiger partial charge in [-0.05, 0) is 56.1 Å². The minimum absolute atomic E-state index is 0.190. The van der Waals surface area contributed by atoms with Crippen LogP contribution in [-0.4, -0.2) is 9.85 Å². The van der Waals surface area contributed by atoms with Gasteiger partial charge in [0.15, 0.2) is 0 Å². The van der Waals surface area contributed by atoms with E-state index in [2.05, 4.69) is 31.9 Å². The Bertz CT molecular complexity index is 993. The first-order valence-corrected chi connectivity index (χ1v) is 9.27. The molecule has 0 radical (unpaired) electrons. The summed E-state index contributed by atoms with van der Waals surface area (Å²) in [5, 5.41) is 22.9. The highest BCUT2D eigenvalue weighted by Gasteiger charge is 2.28. The maximum Gasteiger partial charge on any atom is 0.318 e. The second-order valence-corrected chi connectivity index (χ2v) is 7.08. The second-order valence-electron chi connectivity index (χ2n) is 5.37. The van der Waals surface area contributed by atoms with Gasteiger partial charge >= 0.3 is 11.4 Å². The summed E-state index contributed by atoms with van der Waals surface area (Å²) in [5.74, 6) is 0.242. The fourth-order valence-electron chi connectivity index (χ4n) is 2.28. The lowest BCUT2D eigenvalue weighted by Crippen LogP contribution is -1.99. The van der Waals surface area contributed by atoms with Gasteiger partial charge in [-0.1, -0.05) is 24.3 Å². The molecule has 8 nitrogen and oxygen atoms in total. The first-order valence-electron chi connectivity index (χ1n) is 7.68. The third kappa shape index (κ3) is 4.29. The number of benzene rings is 3. The lowest BCUT2D eigenvalue weighted by molar-refractivity contribution is -0.395. The van der Waals surface area contributed by atoms with E-state index in [1.54, 1.807) is 48.5 Å². The highest BCUT2D eigenvalue weighted by Crippen LogP contribution is 2.44. The summed E-state index contributed by atoms with van der Waals surface area (Å²) >= 11 is 6.59. The van der Waals surface area contributed by atoms with Gasteiger partial charge < -0.3 is 9.47 Å². The monoisotopic (exact) mass is 508 g/mol. The number of nitro groups is 2. The van der Waals surface area contributed by atoms with Crippen molar-refractivity contribution in [3.8, 4) is 23.0 Å². The minimum Gasteiger partial charge on any atom is -0.449 e. The molecule has 0 N–H and O–H groups in total. The second kappa shape index (κ2) is 8.36. The predicted octanol–water partition coefficient (Wildman–Crippen LogP) is 6.61. The highest BCUT2D eigenvalue weighted by molar-refractivity contribution is 9.10. The number of hydrogen-bond donors (Lipinski definition) is 0. The zero-order chi connectivity index (χ0) is 20.3. The summed E-state index contributed by atoms with van der Waals surface area (Å²) in [7, 11) is 0. The average Bonchev–Trinajstić information content (AvgIpc) is 2.65. The number of hydrogen-bond acceptors (Lipinski definition) is 6. The highest BCUT2D eigenvalue weighted by atomic mass is 79.9.